The molecule has 1 aliphatic heterocycles. The van der Waals surface area contributed by atoms with E-state index in [0.717, 1.165) is 24.2 Å². The summed E-state index contributed by atoms with van der Waals surface area (Å²) in [6.45, 7) is 0.756. The summed E-state index contributed by atoms with van der Waals surface area (Å²) >= 11 is 13.9. The minimum Gasteiger partial charge on any atom is -0.345 e. The molecule has 1 aliphatic rings. The van der Waals surface area contributed by atoms with Gasteiger partial charge in [-0.05, 0) is 36.8 Å². The number of hydrogen-bond acceptors (Lipinski definition) is 4. The fraction of sp³-hybridized carbons (Fsp3) is 0.211. The van der Waals surface area contributed by atoms with Crippen molar-refractivity contribution < 1.29 is 4.79 Å². The summed E-state index contributed by atoms with van der Waals surface area (Å²) in [7, 11) is 1.82. The van der Waals surface area contributed by atoms with Gasteiger partial charge in [-0.25, -0.2) is 0 Å². The second-order valence-corrected chi connectivity index (χ2v) is 8.27. The highest BCUT2D eigenvalue weighted by atomic mass is 35.5. The topological polar surface area (TPSA) is 51.0 Å². The molecule has 1 fully saturated rings. The van der Waals surface area contributed by atoms with Crippen LogP contribution in [0.4, 0.5) is 0 Å². The average Bonchev–Trinajstić information content (AvgIpc) is 3.21. The summed E-state index contributed by atoms with van der Waals surface area (Å²) in [5.74, 6) is 0.734. The number of aromatic nitrogens is 3. The Kier molecular flexibility index (Phi) is 5.12. The van der Waals surface area contributed by atoms with Crippen molar-refractivity contribution >= 4 is 40.9 Å². The standard InChI is InChI=1S/C19H16Cl2N4OS/c1-24-10-9-16(18(24)26)27-19-23-22-17(14-8-7-12(20)11-15(14)21)25(19)13-5-3-2-4-6-13/h2-8,11,16H,9-10H2,1H3. The second kappa shape index (κ2) is 7.54. The van der Waals surface area contributed by atoms with Gasteiger partial charge >= 0.3 is 0 Å². The van der Waals surface area contributed by atoms with Crippen molar-refractivity contribution in [2.75, 3.05) is 13.6 Å². The quantitative estimate of drug-likeness (QED) is 0.622. The monoisotopic (exact) mass is 418 g/mol. The molecule has 0 N–H and O–H groups in total. The number of amides is 1. The van der Waals surface area contributed by atoms with Crippen LogP contribution in [0.25, 0.3) is 17.1 Å². The predicted octanol–water partition coefficient (Wildman–Crippen LogP) is 4.56. The van der Waals surface area contributed by atoms with Crippen LogP contribution in [0.5, 0.6) is 0 Å². The molecule has 0 aliphatic carbocycles. The van der Waals surface area contributed by atoms with Crippen LogP contribution in [-0.4, -0.2) is 44.4 Å². The number of rotatable bonds is 4. The molecule has 27 heavy (non-hydrogen) atoms. The van der Waals surface area contributed by atoms with Gasteiger partial charge in [-0.2, -0.15) is 0 Å². The first kappa shape index (κ1) is 18.3. The number of para-hydroxylation sites is 1. The molecule has 0 radical (unpaired) electrons. The van der Waals surface area contributed by atoms with E-state index >= 15 is 0 Å². The molecular formula is C19H16Cl2N4OS. The molecule has 2 heterocycles. The molecule has 0 spiro atoms. The first-order chi connectivity index (χ1) is 13.0. The maximum Gasteiger partial charge on any atom is 0.235 e. The molecule has 2 aromatic carbocycles. The van der Waals surface area contributed by atoms with Gasteiger partial charge in [0, 0.05) is 29.9 Å². The van der Waals surface area contributed by atoms with E-state index in [9.17, 15) is 4.79 Å². The van der Waals surface area contributed by atoms with Crippen molar-refractivity contribution in [1.82, 2.24) is 19.7 Å². The van der Waals surface area contributed by atoms with Crippen LogP contribution < -0.4 is 0 Å². The molecule has 1 unspecified atom stereocenters. The maximum atomic E-state index is 12.3. The molecule has 4 rings (SSSR count). The third-order valence-corrected chi connectivity index (χ3v) is 6.19. The summed E-state index contributed by atoms with van der Waals surface area (Å²) in [6, 6.07) is 15.1. The van der Waals surface area contributed by atoms with Gasteiger partial charge < -0.3 is 4.90 Å². The Labute approximate surface area is 171 Å². The van der Waals surface area contributed by atoms with Gasteiger partial charge in [-0.1, -0.05) is 53.2 Å². The van der Waals surface area contributed by atoms with E-state index in [1.165, 1.54) is 11.8 Å². The van der Waals surface area contributed by atoms with E-state index in [4.69, 9.17) is 23.2 Å². The summed E-state index contributed by atoms with van der Waals surface area (Å²) in [5.41, 5.74) is 1.64. The van der Waals surface area contributed by atoms with Crippen LogP contribution in [-0.2, 0) is 4.79 Å². The van der Waals surface area contributed by atoms with E-state index in [2.05, 4.69) is 10.2 Å². The lowest BCUT2D eigenvalue weighted by Gasteiger charge is -2.13. The number of likely N-dealkylation sites (tertiary alicyclic amines) is 1. The van der Waals surface area contributed by atoms with E-state index < -0.39 is 0 Å². The molecule has 0 saturated carbocycles. The van der Waals surface area contributed by atoms with Gasteiger partial charge in [0.15, 0.2) is 11.0 Å². The highest BCUT2D eigenvalue weighted by molar-refractivity contribution is 8.00. The lowest BCUT2D eigenvalue weighted by molar-refractivity contribution is -0.126. The molecule has 1 atom stereocenters. The highest BCUT2D eigenvalue weighted by Gasteiger charge is 2.32. The van der Waals surface area contributed by atoms with Gasteiger partial charge in [-0.3, -0.25) is 9.36 Å². The Hall–Kier alpha value is -2.02. The van der Waals surface area contributed by atoms with Crippen LogP contribution in [0.2, 0.25) is 10.0 Å². The summed E-state index contributed by atoms with van der Waals surface area (Å²) in [4.78, 5) is 14.1. The zero-order chi connectivity index (χ0) is 19.0. The second-order valence-electron chi connectivity index (χ2n) is 6.26. The molecule has 1 aromatic heterocycles. The SMILES string of the molecule is CN1CCC(Sc2nnc(-c3ccc(Cl)cc3Cl)n2-c2ccccc2)C1=O. The van der Waals surface area contributed by atoms with E-state index in [1.807, 2.05) is 48.0 Å². The van der Waals surface area contributed by atoms with Crippen molar-refractivity contribution in [3.05, 3.63) is 58.6 Å². The summed E-state index contributed by atoms with van der Waals surface area (Å²) in [6.07, 6.45) is 0.790. The van der Waals surface area contributed by atoms with Gasteiger partial charge in [0.25, 0.3) is 0 Å². The number of nitrogens with zero attached hydrogens (tertiary/aromatic N) is 4. The molecule has 3 aromatic rings. The molecule has 8 heteroatoms. The fourth-order valence-electron chi connectivity index (χ4n) is 3.03. The van der Waals surface area contributed by atoms with Crippen LogP contribution in [0.15, 0.2) is 53.7 Å². The maximum absolute atomic E-state index is 12.3. The first-order valence-corrected chi connectivity index (χ1v) is 10.1. The van der Waals surface area contributed by atoms with Gasteiger partial charge in [0.2, 0.25) is 5.91 Å². The Balaban J connectivity index is 1.81. The summed E-state index contributed by atoms with van der Waals surface area (Å²) in [5, 5.41) is 10.3. The third-order valence-electron chi connectivity index (χ3n) is 4.45. The number of thioether (sulfide) groups is 1. The Morgan fingerprint density at radius 1 is 1.11 bits per heavy atom. The number of benzene rings is 2. The summed E-state index contributed by atoms with van der Waals surface area (Å²) < 4.78 is 1.94. The van der Waals surface area contributed by atoms with Gasteiger partial charge in [0.05, 0.1) is 10.3 Å². The fourth-order valence-corrected chi connectivity index (χ4v) is 4.67. The van der Waals surface area contributed by atoms with Crippen molar-refractivity contribution in [1.29, 1.82) is 0 Å². The van der Waals surface area contributed by atoms with E-state index in [-0.39, 0.29) is 11.2 Å². The smallest absolute Gasteiger partial charge is 0.235 e. The highest BCUT2D eigenvalue weighted by Crippen LogP contribution is 2.36. The Bertz CT molecular complexity index is 993. The number of carbonyl (C=O) groups excluding carboxylic acids is 1. The molecule has 1 saturated heterocycles. The van der Waals surface area contributed by atoms with Gasteiger partial charge in [0.1, 0.15) is 0 Å². The molecular weight excluding hydrogens is 403 g/mol. The largest absolute Gasteiger partial charge is 0.345 e. The predicted molar refractivity (Wildman–Crippen MR) is 109 cm³/mol. The zero-order valence-electron chi connectivity index (χ0n) is 14.5. The van der Waals surface area contributed by atoms with E-state index in [1.54, 1.807) is 17.0 Å². The lowest BCUT2D eigenvalue weighted by Crippen LogP contribution is -2.24. The zero-order valence-corrected chi connectivity index (χ0v) is 16.8. The minimum absolute atomic E-state index is 0.119. The number of carbonyl (C=O) groups is 1. The lowest BCUT2D eigenvalue weighted by atomic mass is 10.2. The molecule has 1 amide bonds. The molecule has 5 nitrogen and oxygen atoms in total. The number of hydrogen-bond donors (Lipinski definition) is 0. The van der Waals surface area contributed by atoms with Crippen LogP contribution >= 0.6 is 35.0 Å². The number of halogens is 2. The van der Waals surface area contributed by atoms with Crippen LogP contribution in [0, 0.1) is 0 Å². The van der Waals surface area contributed by atoms with Crippen molar-refractivity contribution in [2.45, 2.75) is 16.8 Å². The normalized spacial score (nSPS) is 16.9. The molecule has 138 valence electrons. The van der Waals surface area contributed by atoms with E-state index in [0.29, 0.717) is 21.0 Å². The first-order valence-electron chi connectivity index (χ1n) is 8.42. The van der Waals surface area contributed by atoms with Crippen molar-refractivity contribution in [3.63, 3.8) is 0 Å². The molecule has 0 bridgehead atoms. The van der Waals surface area contributed by atoms with Crippen molar-refractivity contribution in [3.8, 4) is 17.1 Å². The van der Waals surface area contributed by atoms with Gasteiger partial charge in [-0.15, -0.1) is 10.2 Å². The van der Waals surface area contributed by atoms with Crippen LogP contribution in [0.3, 0.4) is 0 Å². The third kappa shape index (κ3) is 3.57. The van der Waals surface area contributed by atoms with Crippen LogP contribution in [0.1, 0.15) is 6.42 Å². The average molecular weight is 419 g/mol. The Morgan fingerprint density at radius 3 is 2.56 bits per heavy atom. The Morgan fingerprint density at radius 2 is 1.89 bits per heavy atom. The van der Waals surface area contributed by atoms with Crippen molar-refractivity contribution in [2.24, 2.45) is 0 Å². The minimum atomic E-state index is -0.157.